The topological polar surface area (TPSA) is 42.2 Å². The first-order valence-corrected chi connectivity index (χ1v) is 4.74. The van der Waals surface area contributed by atoms with Gasteiger partial charge < -0.3 is 9.42 Å². The van der Waals surface area contributed by atoms with Crippen LogP contribution in [0.25, 0.3) is 0 Å². The van der Waals surface area contributed by atoms with Crippen LogP contribution in [0.1, 0.15) is 30.5 Å². The van der Waals surface area contributed by atoms with Crippen LogP contribution >= 0.6 is 0 Å². The van der Waals surface area contributed by atoms with Gasteiger partial charge in [-0.05, 0) is 39.9 Å². The van der Waals surface area contributed by atoms with E-state index in [1.807, 2.05) is 6.92 Å². The van der Waals surface area contributed by atoms with Crippen LogP contribution in [0, 0.1) is 6.92 Å². The van der Waals surface area contributed by atoms with Gasteiger partial charge in [0.1, 0.15) is 0 Å². The molecule has 0 unspecified atom stereocenters. The van der Waals surface area contributed by atoms with Crippen molar-refractivity contribution in [1.29, 1.82) is 0 Å². The summed E-state index contributed by atoms with van der Waals surface area (Å²) in [6.45, 7) is 4.13. The number of nitrogens with zero attached hydrogens (tertiary/aromatic N) is 3. The molecule has 1 fully saturated rings. The lowest BCUT2D eigenvalue weighted by Crippen LogP contribution is -2.29. The number of piperidine rings is 1. The molecule has 0 radical (unpaired) electrons. The monoisotopic (exact) mass is 181 g/mol. The van der Waals surface area contributed by atoms with Crippen molar-refractivity contribution in [2.45, 2.75) is 25.7 Å². The van der Waals surface area contributed by atoms with E-state index in [0.29, 0.717) is 5.92 Å². The molecule has 0 spiro atoms. The second-order valence-electron chi connectivity index (χ2n) is 3.76. The lowest BCUT2D eigenvalue weighted by Gasteiger charge is -2.26. The maximum Gasteiger partial charge on any atom is 0.229 e. The van der Waals surface area contributed by atoms with Crippen LogP contribution in [0.4, 0.5) is 0 Å². The summed E-state index contributed by atoms with van der Waals surface area (Å²) in [7, 11) is 2.15. The highest BCUT2D eigenvalue weighted by Gasteiger charge is 2.22. The average molecular weight is 181 g/mol. The number of aryl methyl sites for hydroxylation is 1. The van der Waals surface area contributed by atoms with Crippen LogP contribution in [0.5, 0.6) is 0 Å². The van der Waals surface area contributed by atoms with Crippen molar-refractivity contribution in [3.8, 4) is 0 Å². The van der Waals surface area contributed by atoms with E-state index in [0.717, 1.165) is 37.6 Å². The summed E-state index contributed by atoms with van der Waals surface area (Å²) in [6, 6.07) is 0. The number of aromatic nitrogens is 2. The summed E-state index contributed by atoms with van der Waals surface area (Å²) in [6.07, 6.45) is 2.27. The zero-order chi connectivity index (χ0) is 9.26. The van der Waals surface area contributed by atoms with Crippen molar-refractivity contribution in [2.75, 3.05) is 20.1 Å². The van der Waals surface area contributed by atoms with Gasteiger partial charge in [-0.15, -0.1) is 0 Å². The van der Waals surface area contributed by atoms with Gasteiger partial charge in [0.05, 0.1) is 0 Å². The van der Waals surface area contributed by atoms with Crippen molar-refractivity contribution in [2.24, 2.45) is 0 Å². The molecule has 1 saturated heterocycles. The highest BCUT2D eigenvalue weighted by molar-refractivity contribution is 4.95. The van der Waals surface area contributed by atoms with Crippen LogP contribution in [0.2, 0.25) is 0 Å². The smallest absolute Gasteiger partial charge is 0.229 e. The van der Waals surface area contributed by atoms with Crippen LogP contribution in [0.15, 0.2) is 4.52 Å². The SMILES string of the molecule is Cc1noc(C2CCN(C)CC2)n1. The fourth-order valence-corrected chi connectivity index (χ4v) is 1.73. The number of rotatable bonds is 1. The Bertz CT molecular complexity index is 276. The summed E-state index contributed by atoms with van der Waals surface area (Å²) >= 11 is 0. The van der Waals surface area contributed by atoms with E-state index in [1.165, 1.54) is 0 Å². The summed E-state index contributed by atoms with van der Waals surface area (Å²) < 4.78 is 5.16. The van der Waals surface area contributed by atoms with Crippen molar-refractivity contribution in [3.63, 3.8) is 0 Å². The van der Waals surface area contributed by atoms with Gasteiger partial charge in [-0.2, -0.15) is 4.98 Å². The molecule has 13 heavy (non-hydrogen) atoms. The van der Waals surface area contributed by atoms with Gasteiger partial charge in [0, 0.05) is 5.92 Å². The molecule has 0 atom stereocenters. The molecule has 0 N–H and O–H groups in total. The third-order valence-corrected chi connectivity index (χ3v) is 2.61. The molecular weight excluding hydrogens is 166 g/mol. The zero-order valence-corrected chi connectivity index (χ0v) is 8.16. The Hall–Kier alpha value is -0.900. The van der Waals surface area contributed by atoms with E-state index in [1.54, 1.807) is 0 Å². The molecule has 2 heterocycles. The van der Waals surface area contributed by atoms with E-state index in [4.69, 9.17) is 4.52 Å². The Kier molecular flexibility index (Phi) is 2.31. The Morgan fingerprint density at radius 2 is 2.08 bits per heavy atom. The molecule has 1 aliphatic heterocycles. The first-order chi connectivity index (χ1) is 6.25. The van der Waals surface area contributed by atoms with E-state index >= 15 is 0 Å². The fourth-order valence-electron chi connectivity index (χ4n) is 1.73. The maximum absolute atomic E-state index is 5.16. The maximum atomic E-state index is 5.16. The van der Waals surface area contributed by atoms with Crippen LogP contribution in [0.3, 0.4) is 0 Å². The summed E-state index contributed by atoms with van der Waals surface area (Å²) in [5.74, 6) is 2.05. The van der Waals surface area contributed by atoms with Crippen molar-refractivity contribution < 1.29 is 4.52 Å². The zero-order valence-electron chi connectivity index (χ0n) is 8.16. The third-order valence-electron chi connectivity index (χ3n) is 2.61. The second kappa shape index (κ2) is 3.46. The normalized spacial score (nSPS) is 20.8. The third kappa shape index (κ3) is 1.88. The van der Waals surface area contributed by atoms with E-state index in [9.17, 15) is 0 Å². The van der Waals surface area contributed by atoms with Gasteiger partial charge in [0.25, 0.3) is 0 Å². The minimum absolute atomic E-state index is 0.484. The lowest BCUT2D eigenvalue weighted by molar-refractivity contribution is 0.227. The van der Waals surface area contributed by atoms with Crippen LogP contribution in [-0.2, 0) is 0 Å². The summed E-state index contributed by atoms with van der Waals surface area (Å²) in [5.41, 5.74) is 0. The lowest BCUT2D eigenvalue weighted by atomic mass is 9.97. The standard InChI is InChI=1S/C9H15N3O/c1-7-10-9(13-11-7)8-3-5-12(2)6-4-8/h8H,3-6H2,1-2H3. The number of likely N-dealkylation sites (tertiary alicyclic amines) is 1. The predicted octanol–water partition coefficient (Wildman–Crippen LogP) is 1.19. The van der Waals surface area contributed by atoms with Gasteiger partial charge in [0.2, 0.25) is 5.89 Å². The van der Waals surface area contributed by atoms with Gasteiger partial charge in [0.15, 0.2) is 5.82 Å². The first kappa shape index (κ1) is 8.69. The molecular formula is C9H15N3O. The molecule has 0 amide bonds. The van der Waals surface area contributed by atoms with Crippen molar-refractivity contribution >= 4 is 0 Å². The summed E-state index contributed by atoms with van der Waals surface area (Å²) in [5, 5.41) is 3.81. The molecule has 0 aromatic carbocycles. The predicted molar refractivity (Wildman–Crippen MR) is 48.5 cm³/mol. The van der Waals surface area contributed by atoms with Gasteiger partial charge in [-0.25, -0.2) is 0 Å². The molecule has 4 nitrogen and oxygen atoms in total. The fraction of sp³-hybridized carbons (Fsp3) is 0.778. The molecule has 72 valence electrons. The van der Waals surface area contributed by atoms with E-state index in [-0.39, 0.29) is 0 Å². The van der Waals surface area contributed by atoms with Crippen LogP contribution in [-0.4, -0.2) is 35.2 Å². The Morgan fingerprint density at radius 1 is 1.38 bits per heavy atom. The molecule has 1 aromatic rings. The molecule has 0 bridgehead atoms. The Labute approximate surface area is 77.9 Å². The largest absolute Gasteiger partial charge is 0.339 e. The van der Waals surface area contributed by atoms with Crippen LogP contribution < -0.4 is 0 Å². The molecule has 0 saturated carbocycles. The second-order valence-corrected chi connectivity index (χ2v) is 3.76. The highest BCUT2D eigenvalue weighted by Crippen LogP contribution is 2.25. The molecule has 1 aliphatic rings. The quantitative estimate of drug-likeness (QED) is 0.652. The average Bonchev–Trinajstić information content (AvgIpc) is 2.53. The first-order valence-electron chi connectivity index (χ1n) is 4.74. The van der Waals surface area contributed by atoms with E-state index in [2.05, 4.69) is 22.1 Å². The highest BCUT2D eigenvalue weighted by atomic mass is 16.5. The van der Waals surface area contributed by atoms with Gasteiger partial charge in [-0.1, -0.05) is 5.16 Å². The van der Waals surface area contributed by atoms with Crippen molar-refractivity contribution in [1.82, 2.24) is 15.0 Å². The molecule has 2 rings (SSSR count). The number of hydrogen-bond acceptors (Lipinski definition) is 4. The van der Waals surface area contributed by atoms with Gasteiger partial charge in [-0.3, -0.25) is 0 Å². The minimum atomic E-state index is 0.484. The molecule has 1 aromatic heterocycles. The van der Waals surface area contributed by atoms with Gasteiger partial charge >= 0.3 is 0 Å². The Morgan fingerprint density at radius 3 is 2.62 bits per heavy atom. The molecule has 0 aliphatic carbocycles. The van der Waals surface area contributed by atoms with E-state index < -0.39 is 0 Å². The van der Waals surface area contributed by atoms with Crippen molar-refractivity contribution in [3.05, 3.63) is 11.7 Å². The summed E-state index contributed by atoms with van der Waals surface area (Å²) in [4.78, 5) is 6.60. The molecule has 4 heteroatoms. The number of hydrogen-bond donors (Lipinski definition) is 0. The minimum Gasteiger partial charge on any atom is -0.339 e. The Balaban J connectivity index is 2.02.